The Morgan fingerprint density at radius 3 is 2.60 bits per heavy atom. The first-order valence-electron chi connectivity index (χ1n) is 5.17. The highest BCUT2D eigenvalue weighted by Crippen LogP contribution is 2.17. The van der Waals surface area contributed by atoms with E-state index in [9.17, 15) is 4.79 Å². The van der Waals surface area contributed by atoms with Crippen molar-refractivity contribution in [2.45, 2.75) is 32.3 Å². The Bertz CT molecular complexity index is 333. The second kappa shape index (κ2) is 5.08. The molecule has 1 unspecified atom stereocenters. The van der Waals surface area contributed by atoms with Gasteiger partial charge in [0, 0.05) is 7.11 Å². The number of hydrogen-bond acceptors (Lipinski definition) is 2. The molecule has 0 radical (unpaired) electrons. The highest BCUT2D eigenvalue weighted by Gasteiger charge is 2.22. The number of aldehydes is 1. The van der Waals surface area contributed by atoms with E-state index in [0.29, 0.717) is 0 Å². The number of rotatable bonds is 5. The van der Waals surface area contributed by atoms with Crippen LogP contribution in [0, 0.1) is 6.92 Å². The van der Waals surface area contributed by atoms with Gasteiger partial charge in [-0.2, -0.15) is 0 Å². The third kappa shape index (κ3) is 3.17. The lowest BCUT2D eigenvalue weighted by atomic mass is 9.96. The van der Waals surface area contributed by atoms with E-state index < -0.39 is 5.60 Å². The van der Waals surface area contributed by atoms with Gasteiger partial charge < -0.3 is 9.53 Å². The fourth-order valence-electron chi connectivity index (χ4n) is 1.48. The van der Waals surface area contributed by atoms with Crippen molar-refractivity contribution >= 4 is 6.29 Å². The summed E-state index contributed by atoms with van der Waals surface area (Å²) < 4.78 is 5.18. The summed E-state index contributed by atoms with van der Waals surface area (Å²) in [5.41, 5.74) is 1.90. The molecule has 0 aliphatic carbocycles. The zero-order chi connectivity index (χ0) is 11.3. The first kappa shape index (κ1) is 11.9. The zero-order valence-corrected chi connectivity index (χ0v) is 9.62. The van der Waals surface area contributed by atoms with E-state index in [-0.39, 0.29) is 0 Å². The summed E-state index contributed by atoms with van der Waals surface area (Å²) >= 11 is 0. The Morgan fingerprint density at radius 2 is 2.07 bits per heavy atom. The molecule has 0 saturated heterocycles. The van der Waals surface area contributed by atoms with Gasteiger partial charge in [-0.3, -0.25) is 0 Å². The minimum atomic E-state index is -0.651. The van der Waals surface area contributed by atoms with Gasteiger partial charge in [-0.15, -0.1) is 0 Å². The van der Waals surface area contributed by atoms with E-state index >= 15 is 0 Å². The molecule has 0 aromatic heterocycles. The van der Waals surface area contributed by atoms with Crippen LogP contribution in [0.4, 0.5) is 0 Å². The highest BCUT2D eigenvalue weighted by atomic mass is 16.5. The molecule has 0 N–H and O–H groups in total. The molecule has 2 heteroatoms. The van der Waals surface area contributed by atoms with Gasteiger partial charge in [0.1, 0.15) is 5.60 Å². The summed E-state index contributed by atoms with van der Waals surface area (Å²) in [6, 6.07) is 8.22. The molecule has 0 aliphatic heterocycles. The van der Waals surface area contributed by atoms with Gasteiger partial charge in [0.2, 0.25) is 0 Å². The van der Waals surface area contributed by atoms with Crippen molar-refractivity contribution in [3.63, 3.8) is 0 Å². The molecule has 15 heavy (non-hydrogen) atoms. The normalized spacial score (nSPS) is 14.6. The third-order valence-electron chi connectivity index (χ3n) is 2.87. The number of carbonyl (C=O) groups is 1. The molecule has 0 fully saturated rings. The van der Waals surface area contributed by atoms with Crippen molar-refractivity contribution in [2.75, 3.05) is 7.11 Å². The van der Waals surface area contributed by atoms with Crippen molar-refractivity contribution in [3.8, 4) is 0 Å². The first-order chi connectivity index (χ1) is 7.11. The maximum Gasteiger partial charge on any atom is 0.151 e. The molecule has 1 atom stereocenters. The number of ether oxygens (including phenoxy) is 1. The lowest BCUT2D eigenvalue weighted by molar-refractivity contribution is -0.126. The molecule has 1 aromatic rings. The van der Waals surface area contributed by atoms with Gasteiger partial charge in [-0.05, 0) is 37.8 Å². The number of aryl methyl sites for hydroxylation is 2. The third-order valence-corrected chi connectivity index (χ3v) is 2.87. The summed E-state index contributed by atoms with van der Waals surface area (Å²) in [7, 11) is 1.58. The molecule has 0 amide bonds. The minimum Gasteiger partial charge on any atom is -0.371 e. The van der Waals surface area contributed by atoms with E-state index in [1.807, 2.05) is 19.1 Å². The molecular weight excluding hydrogens is 188 g/mol. The zero-order valence-electron chi connectivity index (χ0n) is 9.62. The average Bonchev–Trinajstić information content (AvgIpc) is 2.28. The maximum absolute atomic E-state index is 10.8. The van der Waals surface area contributed by atoms with Gasteiger partial charge in [0.05, 0.1) is 0 Å². The standard InChI is InChI=1S/C13H18O2/c1-11-6-4-5-7-12(11)8-9-13(2,10-14)15-3/h4-7,10H,8-9H2,1-3H3. The highest BCUT2D eigenvalue weighted by molar-refractivity contribution is 5.61. The molecule has 0 heterocycles. The van der Waals surface area contributed by atoms with Crippen LogP contribution in [0.2, 0.25) is 0 Å². The van der Waals surface area contributed by atoms with Crippen molar-refractivity contribution in [3.05, 3.63) is 35.4 Å². The van der Waals surface area contributed by atoms with E-state index in [1.54, 1.807) is 7.11 Å². The quantitative estimate of drug-likeness (QED) is 0.692. The Kier molecular flexibility index (Phi) is 4.04. The largest absolute Gasteiger partial charge is 0.371 e. The molecule has 1 rings (SSSR count). The SMILES string of the molecule is COC(C)(C=O)CCc1ccccc1C. The minimum absolute atomic E-state index is 0.651. The van der Waals surface area contributed by atoms with Crippen molar-refractivity contribution < 1.29 is 9.53 Å². The van der Waals surface area contributed by atoms with E-state index in [0.717, 1.165) is 19.1 Å². The second-order valence-electron chi connectivity index (χ2n) is 4.06. The summed E-state index contributed by atoms with van der Waals surface area (Å²) in [6.45, 7) is 3.90. The van der Waals surface area contributed by atoms with Crippen LogP contribution in [0.25, 0.3) is 0 Å². The Balaban J connectivity index is 2.64. The Labute approximate surface area is 91.3 Å². The first-order valence-corrected chi connectivity index (χ1v) is 5.17. The molecular formula is C13H18O2. The van der Waals surface area contributed by atoms with Crippen molar-refractivity contribution in [1.29, 1.82) is 0 Å². The van der Waals surface area contributed by atoms with Crippen LogP contribution in [0.5, 0.6) is 0 Å². The summed E-state index contributed by atoms with van der Waals surface area (Å²) in [6.07, 6.45) is 2.47. The predicted octanol–water partition coefficient (Wildman–Crippen LogP) is 2.53. The molecule has 0 aliphatic rings. The van der Waals surface area contributed by atoms with Gasteiger partial charge in [0.15, 0.2) is 6.29 Å². The van der Waals surface area contributed by atoms with Crippen molar-refractivity contribution in [2.24, 2.45) is 0 Å². The van der Waals surface area contributed by atoms with Gasteiger partial charge in [-0.1, -0.05) is 24.3 Å². The van der Waals surface area contributed by atoms with Crippen LogP contribution in [-0.2, 0) is 16.0 Å². The van der Waals surface area contributed by atoms with Crippen LogP contribution in [0.1, 0.15) is 24.5 Å². The Hall–Kier alpha value is -1.15. The van der Waals surface area contributed by atoms with Crippen LogP contribution in [0.15, 0.2) is 24.3 Å². The van der Waals surface area contributed by atoms with E-state index in [4.69, 9.17) is 4.74 Å². The van der Waals surface area contributed by atoms with Crippen molar-refractivity contribution in [1.82, 2.24) is 0 Å². The lowest BCUT2D eigenvalue weighted by Crippen LogP contribution is -2.29. The van der Waals surface area contributed by atoms with Crippen LogP contribution < -0.4 is 0 Å². The maximum atomic E-state index is 10.8. The van der Waals surface area contributed by atoms with E-state index in [1.165, 1.54) is 11.1 Å². The molecule has 0 saturated carbocycles. The number of hydrogen-bond donors (Lipinski definition) is 0. The fraction of sp³-hybridized carbons (Fsp3) is 0.462. The summed E-state index contributed by atoms with van der Waals surface area (Å²) in [4.78, 5) is 10.8. The molecule has 1 aromatic carbocycles. The van der Waals surface area contributed by atoms with Crippen LogP contribution >= 0.6 is 0 Å². The number of carbonyl (C=O) groups excluding carboxylic acids is 1. The van der Waals surface area contributed by atoms with Crippen LogP contribution in [0.3, 0.4) is 0 Å². The second-order valence-corrected chi connectivity index (χ2v) is 4.06. The van der Waals surface area contributed by atoms with Gasteiger partial charge >= 0.3 is 0 Å². The predicted molar refractivity (Wildman–Crippen MR) is 61.0 cm³/mol. The number of methoxy groups -OCH3 is 1. The fourth-order valence-corrected chi connectivity index (χ4v) is 1.48. The summed E-state index contributed by atoms with van der Waals surface area (Å²) in [5.74, 6) is 0. The monoisotopic (exact) mass is 206 g/mol. The number of benzene rings is 1. The molecule has 0 bridgehead atoms. The van der Waals surface area contributed by atoms with Crippen LogP contribution in [-0.4, -0.2) is 19.0 Å². The Morgan fingerprint density at radius 1 is 1.40 bits per heavy atom. The molecule has 0 spiro atoms. The lowest BCUT2D eigenvalue weighted by Gasteiger charge is -2.21. The summed E-state index contributed by atoms with van der Waals surface area (Å²) in [5, 5.41) is 0. The average molecular weight is 206 g/mol. The molecule has 82 valence electrons. The molecule has 2 nitrogen and oxygen atoms in total. The van der Waals surface area contributed by atoms with E-state index in [2.05, 4.69) is 19.1 Å². The van der Waals surface area contributed by atoms with Gasteiger partial charge in [-0.25, -0.2) is 0 Å². The topological polar surface area (TPSA) is 26.3 Å². The van der Waals surface area contributed by atoms with Gasteiger partial charge in [0.25, 0.3) is 0 Å². The smallest absolute Gasteiger partial charge is 0.151 e.